The van der Waals surface area contributed by atoms with Crippen LogP contribution in [0, 0.1) is 0 Å². The third-order valence-electron chi connectivity index (χ3n) is 4.14. The van der Waals surface area contributed by atoms with E-state index >= 15 is 0 Å². The number of thiophene rings is 1. The van der Waals surface area contributed by atoms with E-state index in [-0.39, 0.29) is 11.5 Å². The van der Waals surface area contributed by atoms with Crippen LogP contribution < -0.4 is 5.32 Å². The van der Waals surface area contributed by atoms with Crippen molar-refractivity contribution in [3.8, 4) is 0 Å². The molecule has 2 aromatic rings. The maximum Gasteiger partial charge on any atom is 0.339 e. The highest BCUT2D eigenvalue weighted by molar-refractivity contribution is 7.97. The second-order valence-corrected chi connectivity index (χ2v) is 7.78. The van der Waals surface area contributed by atoms with Crippen LogP contribution in [0.1, 0.15) is 49.6 Å². The lowest BCUT2D eigenvalue weighted by Gasteiger charge is -2.10. The number of fused-ring (bicyclic) bond motifs is 1. The summed E-state index contributed by atoms with van der Waals surface area (Å²) in [4.78, 5) is 25.2. The Morgan fingerprint density at radius 1 is 1.21 bits per heavy atom. The predicted molar refractivity (Wildman–Crippen MR) is 99.5 cm³/mol. The lowest BCUT2D eigenvalue weighted by atomic mass is 9.95. The van der Waals surface area contributed by atoms with E-state index in [1.54, 1.807) is 23.9 Å². The molecule has 126 valence electrons. The topological polar surface area (TPSA) is 66.4 Å². The summed E-state index contributed by atoms with van der Waals surface area (Å²) in [6.07, 6.45) is 5.81. The highest BCUT2D eigenvalue weighted by Crippen LogP contribution is 2.38. The molecule has 0 fully saturated rings. The van der Waals surface area contributed by atoms with Crippen LogP contribution in [-0.2, 0) is 18.6 Å². The molecule has 0 saturated carbocycles. The molecule has 0 spiro atoms. The number of benzene rings is 1. The normalized spacial score (nSPS) is 13.4. The predicted octanol–water partition coefficient (Wildman–Crippen LogP) is 4.44. The van der Waals surface area contributed by atoms with Gasteiger partial charge in [-0.2, -0.15) is 11.8 Å². The van der Waals surface area contributed by atoms with Gasteiger partial charge in [0, 0.05) is 16.2 Å². The smallest absolute Gasteiger partial charge is 0.339 e. The molecule has 0 atom stereocenters. The number of carboxylic acids is 1. The van der Waals surface area contributed by atoms with Crippen molar-refractivity contribution in [2.45, 2.75) is 31.4 Å². The average molecular weight is 361 g/mol. The summed E-state index contributed by atoms with van der Waals surface area (Å²) in [6, 6.07) is 7.44. The van der Waals surface area contributed by atoms with Crippen molar-refractivity contribution in [1.29, 1.82) is 0 Å². The van der Waals surface area contributed by atoms with Gasteiger partial charge in [-0.3, -0.25) is 4.79 Å². The van der Waals surface area contributed by atoms with E-state index in [4.69, 9.17) is 0 Å². The molecular weight excluding hydrogens is 342 g/mol. The van der Waals surface area contributed by atoms with E-state index in [9.17, 15) is 14.7 Å². The third kappa shape index (κ3) is 3.49. The highest BCUT2D eigenvalue weighted by atomic mass is 32.2. The first-order valence-electron chi connectivity index (χ1n) is 7.87. The summed E-state index contributed by atoms with van der Waals surface area (Å²) < 4.78 is 0. The van der Waals surface area contributed by atoms with E-state index < -0.39 is 5.97 Å². The van der Waals surface area contributed by atoms with Crippen molar-refractivity contribution < 1.29 is 14.7 Å². The van der Waals surface area contributed by atoms with Crippen molar-refractivity contribution in [1.82, 2.24) is 0 Å². The molecule has 4 nitrogen and oxygen atoms in total. The van der Waals surface area contributed by atoms with Gasteiger partial charge in [0.05, 0.1) is 5.56 Å². The lowest BCUT2D eigenvalue weighted by Crippen LogP contribution is -2.14. The summed E-state index contributed by atoms with van der Waals surface area (Å²) in [6.45, 7) is 0. The van der Waals surface area contributed by atoms with Crippen molar-refractivity contribution in [3.05, 3.63) is 51.4 Å². The minimum absolute atomic E-state index is 0.258. The van der Waals surface area contributed by atoms with Crippen LogP contribution in [0.5, 0.6) is 0 Å². The maximum atomic E-state index is 12.5. The summed E-state index contributed by atoms with van der Waals surface area (Å²) >= 11 is 3.14. The van der Waals surface area contributed by atoms with Gasteiger partial charge in [0.15, 0.2) is 0 Å². The molecule has 1 aromatic carbocycles. The number of aryl methyl sites for hydroxylation is 1. The Labute approximate surface area is 149 Å². The van der Waals surface area contributed by atoms with Crippen LogP contribution in [0.4, 0.5) is 5.00 Å². The summed E-state index contributed by atoms with van der Waals surface area (Å²) in [5, 5.41) is 12.8. The molecule has 24 heavy (non-hydrogen) atoms. The first-order valence-corrected chi connectivity index (χ1v) is 10.1. The Hall–Kier alpha value is -1.79. The molecule has 0 unspecified atom stereocenters. The first-order chi connectivity index (χ1) is 11.6. The van der Waals surface area contributed by atoms with Crippen LogP contribution in [0.25, 0.3) is 0 Å². The second-order valence-electron chi connectivity index (χ2n) is 5.80. The molecule has 1 aliphatic carbocycles. The molecule has 0 aliphatic heterocycles. The summed E-state index contributed by atoms with van der Waals surface area (Å²) in [7, 11) is 0. The molecule has 0 saturated heterocycles. The zero-order valence-corrected chi connectivity index (χ0v) is 15.1. The largest absolute Gasteiger partial charge is 0.478 e. The molecule has 2 N–H and O–H groups in total. The highest BCUT2D eigenvalue weighted by Gasteiger charge is 2.26. The quantitative estimate of drug-likeness (QED) is 0.826. The second kappa shape index (κ2) is 7.40. The fourth-order valence-corrected chi connectivity index (χ4v) is 4.78. The van der Waals surface area contributed by atoms with Crippen molar-refractivity contribution in [3.63, 3.8) is 0 Å². The molecule has 1 heterocycles. The Morgan fingerprint density at radius 2 is 1.92 bits per heavy atom. The SMILES string of the molecule is CSCc1ccc(C(=O)Nc2sc3c(c2C(=O)O)CCCC3)cc1. The first kappa shape index (κ1) is 17.0. The van der Waals surface area contributed by atoms with Crippen molar-refractivity contribution in [2.75, 3.05) is 11.6 Å². The van der Waals surface area contributed by atoms with E-state index in [2.05, 4.69) is 5.32 Å². The molecule has 1 aliphatic rings. The fourth-order valence-electron chi connectivity index (χ4n) is 2.97. The number of thioether (sulfide) groups is 1. The summed E-state index contributed by atoms with van der Waals surface area (Å²) in [5.41, 5.74) is 2.89. The van der Waals surface area contributed by atoms with Crippen LogP contribution in [0.3, 0.4) is 0 Å². The van der Waals surface area contributed by atoms with Gasteiger partial charge in [-0.25, -0.2) is 4.79 Å². The number of aromatic carboxylic acids is 1. The fraction of sp³-hybridized carbons (Fsp3) is 0.333. The number of carboxylic acid groups (broad SMARTS) is 1. The minimum atomic E-state index is -0.958. The zero-order chi connectivity index (χ0) is 17.1. The standard InChI is InChI=1S/C18H19NO3S2/c1-23-10-11-6-8-12(9-7-11)16(20)19-17-15(18(21)22)13-4-2-3-5-14(13)24-17/h6-9H,2-5,10H2,1H3,(H,19,20)(H,21,22). The number of carbonyl (C=O) groups is 2. The number of rotatable bonds is 5. The number of hydrogen-bond acceptors (Lipinski definition) is 4. The molecule has 1 amide bonds. The minimum Gasteiger partial charge on any atom is -0.478 e. The number of carbonyl (C=O) groups excluding carboxylic acids is 1. The summed E-state index contributed by atoms with van der Waals surface area (Å²) in [5.74, 6) is -0.310. The maximum absolute atomic E-state index is 12.5. The van der Waals surface area contributed by atoms with Gasteiger partial charge < -0.3 is 10.4 Å². The van der Waals surface area contributed by atoms with Gasteiger partial charge >= 0.3 is 5.97 Å². The Morgan fingerprint density at radius 3 is 2.58 bits per heavy atom. The van der Waals surface area contributed by atoms with E-state index in [1.807, 2.05) is 18.4 Å². The number of amides is 1. The Kier molecular flexibility index (Phi) is 5.26. The van der Waals surface area contributed by atoms with Gasteiger partial charge in [-0.15, -0.1) is 11.3 Å². The van der Waals surface area contributed by atoms with Crippen LogP contribution >= 0.6 is 23.1 Å². The molecule has 0 radical (unpaired) electrons. The van der Waals surface area contributed by atoms with Gasteiger partial charge in [0.1, 0.15) is 5.00 Å². The Bertz CT molecular complexity index is 765. The van der Waals surface area contributed by atoms with E-state index in [1.165, 1.54) is 11.3 Å². The van der Waals surface area contributed by atoms with Gasteiger partial charge in [-0.1, -0.05) is 12.1 Å². The van der Waals surface area contributed by atoms with E-state index in [0.717, 1.165) is 47.4 Å². The Balaban J connectivity index is 1.83. The number of hydrogen-bond donors (Lipinski definition) is 2. The monoisotopic (exact) mass is 361 g/mol. The van der Waals surface area contributed by atoms with Gasteiger partial charge in [0.25, 0.3) is 5.91 Å². The molecule has 1 aromatic heterocycles. The molecule has 3 rings (SSSR count). The van der Waals surface area contributed by atoms with Crippen LogP contribution in [0.2, 0.25) is 0 Å². The van der Waals surface area contributed by atoms with Crippen LogP contribution in [-0.4, -0.2) is 23.2 Å². The number of nitrogens with one attached hydrogen (secondary N) is 1. The molecule has 0 bridgehead atoms. The zero-order valence-electron chi connectivity index (χ0n) is 13.4. The van der Waals surface area contributed by atoms with Crippen LogP contribution in [0.15, 0.2) is 24.3 Å². The lowest BCUT2D eigenvalue weighted by molar-refractivity contribution is 0.0697. The van der Waals surface area contributed by atoms with Crippen molar-refractivity contribution in [2.24, 2.45) is 0 Å². The van der Waals surface area contributed by atoms with Gasteiger partial charge in [-0.05, 0) is 55.2 Å². The average Bonchev–Trinajstić information content (AvgIpc) is 2.93. The molecule has 6 heteroatoms. The number of anilines is 1. The van der Waals surface area contributed by atoms with Crippen molar-refractivity contribution >= 4 is 40.0 Å². The molecular formula is C18H19NO3S2. The van der Waals surface area contributed by atoms with E-state index in [0.29, 0.717) is 10.6 Å². The third-order valence-corrected chi connectivity index (χ3v) is 5.97. The van der Waals surface area contributed by atoms with Gasteiger partial charge in [0.2, 0.25) is 0 Å².